The van der Waals surface area contributed by atoms with Gasteiger partial charge in [-0.25, -0.2) is 0 Å². The molecule has 102 valence electrons. The standard InChI is InChI=1S/C14H19N3O2/c18-13-4-2-1-3-12(17-13)14(19)16-10-7-11-5-8-15-9-6-11/h5-6,8-9,12H,1-4,7,10H2,(H,16,19)(H,17,18). The minimum atomic E-state index is -0.368. The molecular weight excluding hydrogens is 242 g/mol. The van der Waals surface area contributed by atoms with E-state index in [-0.39, 0.29) is 17.9 Å². The molecule has 1 aromatic rings. The highest BCUT2D eigenvalue weighted by Gasteiger charge is 2.22. The van der Waals surface area contributed by atoms with Gasteiger partial charge in [0, 0.05) is 25.4 Å². The van der Waals surface area contributed by atoms with Gasteiger partial charge >= 0.3 is 0 Å². The number of nitrogens with one attached hydrogen (secondary N) is 2. The first kappa shape index (κ1) is 13.5. The van der Waals surface area contributed by atoms with E-state index in [1.54, 1.807) is 12.4 Å². The SMILES string of the molecule is O=C1CCCCC(C(=O)NCCc2ccncc2)N1. The van der Waals surface area contributed by atoms with Crippen LogP contribution < -0.4 is 10.6 Å². The lowest BCUT2D eigenvalue weighted by molar-refractivity contribution is -0.128. The maximum absolute atomic E-state index is 11.9. The molecule has 2 heterocycles. The van der Waals surface area contributed by atoms with Gasteiger partial charge in [-0.1, -0.05) is 6.42 Å². The van der Waals surface area contributed by atoms with Crippen molar-refractivity contribution in [3.63, 3.8) is 0 Å². The van der Waals surface area contributed by atoms with Crippen LogP contribution in [-0.4, -0.2) is 29.4 Å². The molecule has 0 bridgehead atoms. The van der Waals surface area contributed by atoms with Crippen molar-refractivity contribution in [3.8, 4) is 0 Å². The summed E-state index contributed by atoms with van der Waals surface area (Å²) >= 11 is 0. The Labute approximate surface area is 112 Å². The molecule has 0 aliphatic carbocycles. The zero-order valence-corrected chi connectivity index (χ0v) is 10.9. The number of pyridine rings is 1. The van der Waals surface area contributed by atoms with E-state index in [9.17, 15) is 9.59 Å². The average Bonchev–Trinajstić information content (AvgIpc) is 2.64. The average molecular weight is 261 g/mol. The highest BCUT2D eigenvalue weighted by Crippen LogP contribution is 2.09. The number of carbonyl (C=O) groups excluding carboxylic acids is 2. The van der Waals surface area contributed by atoms with E-state index in [4.69, 9.17) is 0 Å². The molecule has 1 unspecified atom stereocenters. The summed E-state index contributed by atoms with van der Waals surface area (Å²) in [6.45, 7) is 0.579. The lowest BCUT2D eigenvalue weighted by Gasteiger charge is -2.15. The fourth-order valence-electron chi connectivity index (χ4n) is 2.17. The normalized spacial score (nSPS) is 19.4. The van der Waals surface area contributed by atoms with Crippen LogP contribution in [0.2, 0.25) is 0 Å². The van der Waals surface area contributed by atoms with Gasteiger partial charge in [-0.3, -0.25) is 14.6 Å². The molecule has 2 N–H and O–H groups in total. The second-order valence-electron chi connectivity index (χ2n) is 4.76. The van der Waals surface area contributed by atoms with E-state index in [1.807, 2.05) is 12.1 Å². The Bertz CT molecular complexity index is 434. The van der Waals surface area contributed by atoms with Crippen LogP contribution in [0, 0.1) is 0 Å². The number of hydrogen-bond donors (Lipinski definition) is 2. The van der Waals surface area contributed by atoms with Gasteiger partial charge in [0.25, 0.3) is 0 Å². The maximum Gasteiger partial charge on any atom is 0.242 e. The van der Waals surface area contributed by atoms with Crippen molar-refractivity contribution in [1.29, 1.82) is 0 Å². The Morgan fingerprint density at radius 3 is 2.95 bits per heavy atom. The topological polar surface area (TPSA) is 71.1 Å². The Kier molecular flexibility index (Phi) is 4.89. The third-order valence-corrected chi connectivity index (χ3v) is 3.26. The summed E-state index contributed by atoms with van der Waals surface area (Å²) in [4.78, 5) is 27.3. The van der Waals surface area contributed by atoms with Gasteiger partial charge in [-0.15, -0.1) is 0 Å². The molecule has 1 atom stereocenters. The molecule has 0 aromatic carbocycles. The molecule has 1 aliphatic rings. The molecule has 2 amide bonds. The summed E-state index contributed by atoms with van der Waals surface area (Å²) in [6.07, 6.45) is 7.29. The monoisotopic (exact) mass is 261 g/mol. The second-order valence-corrected chi connectivity index (χ2v) is 4.76. The summed E-state index contributed by atoms with van der Waals surface area (Å²) in [6, 6.07) is 3.49. The smallest absolute Gasteiger partial charge is 0.242 e. The van der Waals surface area contributed by atoms with Gasteiger partial charge in [0.1, 0.15) is 6.04 Å². The lowest BCUT2D eigenvalue weighted by atomic mass is 10.1. The Morgan fingerprint density at radius 1 is 1.37 bits per heavy atom. The zero-order valence-electron chi connectivity index (χ0n) is 10.9. The van der Waals surface area contributed by atoms with Gasteiger partial charge in [-0.05, 0) is 37.0 Å². The summed E-state index contributed by atoms with van der Waals surface area (Å²) in [5, 5.41) is 5.64. The molecule has 1 saturated heterocycles. The van der Waals surface area contributed by atoms with Gasteiger partial charge in [-0.2, -0.15) is 0 Å². The third-order valence-electron chi connectivity index (χ3n) is 3.26. The number of rotatable bonds is 4. The van der Waals surface area contributed by atoms with Crippen LogP contribution in [0.15, 0.2) is 24.5 Å². The third kappa shape index (κ3) is 4.35. The van der Waals surface area contributed by atoms with Crippen LogP contribution in [0.25, 0.3) is 0 Å². The molecule has 5 nitrogen and oxygen atoms in total. The molecule has 0 saturated carbocycles. The first-order valence-corrected chi connectivity index (χ1v) is 6.71. The van der Waals surface area contributed by atoms with Crippen LogP contribution in [0.4, 0.5) is 0 Å². The maximum atomic E-state index is 11.9. The molecule has 0 spiro atoms. The van der Waals surface area contributed by atoms with Gasteiger partial charge in [0.2, 0.25) is 11.8 Å². The highest BCUT2D eigenvalue weighted by molar-refractivity contribution is 5.87. The van der Waals surface area contributed by atoms with Crippen LogP contribution >= 0.6 is 0 Å². The summed E-state index contributed by atoms with van der Waals surface area (Å²) < 4.78 is 0. The Balaban J connectivity index is 1.76. The van der Waals surface area contributed by atoms with Crippen molar-refractivity contribution in [1.82, 2.24) is 15.6 Å². The van der Waals surface area contributed by atoms with Crippen molar-refractivity contribution in [2.75, 3.05) is 6.54 Å². The molecule has 1 aliphatic heterocycles. The Hall–Kier alpha value is -1.91. The quantitative estimate of drug-likeness (QED) is 0.842. The van der Waals surface area contributed by atoms with E-state index in [1.165, 1.54) is 0 Å². The minimum absolute atomic E-state index is 0.0215. The van der Waals surface area contributed by atoms with E-state index < -0.39 is 0 Å². The molecule has 1 fully saturated rings. The molecule has 1 aromatic heterocycles. The van der Waals surface area contributed by atoms with Gasteiger partial charge < -0.3 is 10.6 Å². The van der Waals surface area contributed by atoms with Crippen LogP contribution in [0.1, 0.15) is 31.2 Å². The number of amides is 2. The number of nitrogens with zero attached hydrogens (tertiary/aromatic N) is 1. The van der Waals surface area contributed by atoms with E-state index in [0.717, 1.165) is 31.2 Å². The van der Waals surface area contributed by atoms with E-state index in [0.29, 0.717) is 13.0 Å². The van der Waals surface area contributed by atoms with Crippen LogP contribution in [0.5, 0.6) is 0 Å². The summed E-state index contributed by atoms with van der Waals surface area (Å²) in [5.74, 6) is -0.101. The predicted molar refractivity (Wildman–Crippen MR) is 71.3 cm³/mol. The predicted octanol–water partition coefficient (Wildman–Crippen LogP) is 0.799. The van der Waals surface area contributed by atoms with Crippen molar-refractivity contribution in [3.05, 3.63) is 30.1 Å². The van der Waals surface area contributed by atoms with E-state index in [2.05, 4.69) is 15.6 Å². The second kappa shape index (κ2) is 6.87. The lowest BCUT2D eigenvalue weighted by Crippen LogP contribution is -2.46. The summed E-state index contributed by atoms with van der Waals surface area (Å²) in [5.41, 5.74) is 1.14. The zero-order chi connectivity index (χ0) is 13.5. The fourth-order valence-corrected chi connectivity index (χ4v) is 2.17. The van der Waals surface area contributed by atoms with Crippen LogP contribution in [-0.2, 0) is 16.0 Å². The first-order chi connectivity index (χ1) is 9.25. The molecule has 2 rings (SSSR count). The number of hydrogen-bond acceptors (Lipinski definition) is 3. The van der Waals surface area contributed by atoms with Crippen LogP contribution in [0.3, 0.4) is 0 Å². The van der Waals surface area contributed by atoms with Crippen molar-refractivity contribution >= 4 is 11.8 Å². The largest absolute Gasteiger partial charge is 0.354 e. The number of carbonyl (C=O) groups is 2. The highest BCUT2D eigenvalue weighted by atomic mass is 16.2. The van der Waals surface area contributed by atoms with E-state index >= 15 is 0 Å². The van der Waals surface area contributed by atoms with Crippen molar-refractivity contribution in [2.45, 2.75) is 38.1 Å². The van der Waals surface area contributed by atoms with Crippen molar-refractivity contribution in [2.24, 2.45) is 0 Å². The first-order valence-electron chi connectivity index (χ1n) is 6.71. The molecular formula is C14H19N3O2. The molecule has 0 radical (unpaired) electrons. The minimum Gasteiger partial charge on any atom is -0.354 e. The Morgan fingerprint density at radius 2 is 2.16 bits per heavy atom. The van der Waals surface area contributed by atoms with Crippen molar-refractivity contribution < 1.29 is 9.59 Å². The van der Waals surface area contributed by atoms with Gasteiger partial charge in [0.15, 0.2) is 0 Å². The van der Waals surface area contributed by atoms with Gasteiger partial charge in [0.05, 0.1) is 0 Å². The summed E-state index contributed by atoms with van der Waals surface area (Å²) in [7, 11) is 0. The fraction of sp³-hybridized carbons (Fsp3) is 0.500. The molecule has 5 heteroatoms. The number of aromatic nitrogens is 1. The molecule has 19 heavy (non-hydrogen) atoms.